The molecule has 1 saturated carbocycles. The number of carbonyl (C=O) groups is 1. The number of phenols is 1. The summed E-state index contributed by atoms with van der Waals surface area (Å²) in [5.41, 5.74) is 9.28. The van der Waals surface area contributed by atoms with Gasteiger partial charge in [-0.2, -0.15) is 5.10 Å². The highest BCUT2D eigenvalue weighted by Gasteiger charge is 2.21. The fraction of sp³-hybridized carbons (Fsp3) is 0.261. The van der Waals surface area contributed by atoms with Gasteiger partial charge in [-0.3, -0.25) is 9.79 Å². The van der Waals surface area contributed by atoms with Crippen molar-refractivity contribution < 1.29 is 9.90 Å². The Balaban J connectivity index is 1.75. The van der Waals surface area contributed by atoms with Crippen LogP contribution in [-0.2, 0) is 0 Å². The molecular formula is C23H24N4O2S. The molecule has 1 aromatic heterocycles. The molecule has 0 bridgehead atoms. The lowest BCUT2D eigenvalue weighted by atomic mass is 10.0. The predicted octanol–water partition coefficient (Wildman–Crippen LogP) is 4.09. The number of nitrogens with zero attached hydrogens (tertiary/aromatic N) is 3. The molecule has 1 amide bonds. The van der Waals surface area contributed by atoms with E-state index in [-0.39, 0.29) is 11.3 Å². The van der Waals surface area contributed by atoms with Crippen LogP contribution >= 0.6 is 11.3 Å². The average Bonchev–Trinajstić information content (AvgIpc) is 3.45. The molecule has 0 radical (unpaired) electrons. The van der Waals surface area contributed by atoms with Crippen molar-refractivity contribution in [3.63, 3.8) is 0 Å². The number of primary amides is 1. The van der Waals surface area contributed by atoms with Crippen LogP contribution in [0.2, 0.25) is 0 Å². The second-order valence-corrected chi connectivity index (χ2v) is 8.57. The van der Waals surface area contributed by atoms with Crippen LogP contribution in [0.3, 0.4) is 0 Å². The minimum Gasteiger partial charge on any atom is -0.507 e. The molecule has 0 atom stereocenters. The molecule has 1 aliphatic rings. The third kappa shape index (κ3) is 4.36. The summed E-state index contributed by atoms with van der Waals surface area (Å²) in [6.07, 6.45) is 4.00. The van der Waals surface area contributed by atoms with Gasteiger partial charge < -0.3 is 10.8 Å². The van der Waals surface area contributed by atoms with Gasteiger partial charge in [-0.05, 0) is 48.1 Å². The average molecular weight is 421 g/mol. The first-order valence-corrected chi connectivity index (χ1v) is 10.8. The van der Waals surface area contributed by atoms with Crippen LogP contribution in [0.4, 0.5) is 0 Å². The molecule has 6 nitrogen and oxygen atoms in total. The molecule has 154 valence electrons. The van der Waals surface area contributed by atoms with Crippen molar-refractivity contribution in [2.45, 2.75) is 38.6 Å². The molecule has 30 heavy (non-hydrogen) atoms. The van der Waals surface area contributed by atoms with E-state index < -0.39 is 5.91 Å². The van der Waals surface area contributed by atoms with E-state index in [1.165, 1.54) is 23.0 Å². The number of nitrogens with two attached hydrogens (primary N) is 1. The number of carbonyl (C=O) groups excluding carboxylic acids is 1. The highest BCUT2D eigenvalue weighted by molar-refractivity contribution is 7.07. The van der Waals surface area contributed by atoms with Crippen LogP contribution in [0.25, 0.3) is 11.3 Å². The Labute approximate surface area is 179 Å². The van der Waals surface area contributed by atoms with E-state index in [9.17, 15) is 9.90 Å². The number of benzene rings is 2. The van der Waals surface area contributed by atoms with E-state index in [1.807, 2.05) is 11.6 Å². The van der Waals surface area contributed by atoms with Crippen LogP contribution in [0, 0.1) is 0 Å². The zero-order chi connectivity index (χ0) is 21.3. The van der Waals surface area contributed by atoms with E-state index in [4.69, 9.17) is 15.8 Å². The summed E-state index contributed by atoms with van der Waals surface area (Å²) in [5, 5.41) is 16.6. The number of hydrogen-bond donors (Lipinski definition) is 2. The van der Waals surface area contributed by atoms with Gasteiger partial charge in [-0.25, -0.2) is 4.68 Å². The summed E-state index contributed by atoms with van der Waals surface area (Å²) in [4.78, 5) is 17.2. The minimum absolute atomic E-state index is 0.0826. The lowest BCUT2D eigenvalue weighted by Gasteiger charge is -2.07. The SMILES string of the molecule is CC(C)c1ccc(/C=N/n2c(-c3ccc(O)c(C(N)=O)c3)csc2=NC2CC2)cc1. The maximum absolute atomic E-state index is 11.6. The number of amides is 1. The number of aromatic nitrogens is 1. The Kier molecular flexibility index (Phi) is 5.55. The summed E-state index contributed by atoms with van der Waals surface area (Å²) >= 11 is 1.50. The highest BCUT2D eigenvalue weighted by Crippen LogP contribution is 2.27. The van der Waals surface area contributed by atoms with Gasteiger partial charge in [0.05, 0.1) is 23.5 Å². The van der Waals surface area contributed by atoms with Gasteiger partial charge in [0.15, 0.2) is 0 Å². The lowest BCUT2D eigenvalue weighted by molar-refractivity contribution is 0.0998. The molecule has 0 spiro atoms. The van der Waals surface area contributed by atoms with Gasteiger partial charge in [0, 0.05) is 10.9 Å². The zero-order valence-electron chi connectivity index (χ0n) is 16.9. The zero-order valence-corrected chi connectivity index (χ0v) is 17.8. The van der Waals surface area contributed by atoms with E-state index in [2.05, 4.69) is 38.1 Å². The molecule has 2 aromatic carbocycles. The highest BCUT2D eigenvalue weighted by atomic mass is 32.1. The summed E-state index contributed by atoms with van der Waals surface area (Å²) in [5.74, 6) is -0.329. The fourth-order valence-corrected chi connectivity index (χ4v) is 3.95. The van der Waals surface area contributed by atoms with Crippen LogP contribution in [0.5, 0.6) is 5.75 Å². The maximum Gasteiger partial charge on any atom is 0.252 e. The van der Waals surface area contributed by atoms with Gasteiger partial charge in [-0.15, -0.1) is 11.3 Å². The smallest absolute Gasteiger partial charge is 0.252 e. The Morgan fingerprint density at radius 2 is 1.97 bits per heavy atom. The van der Waals surface area contributed by atoms with Gasteiger partial charge in [-0.1, -0.05) is 38.1 Å². The van der Waals surface area contributed by atoms with Gasteiger partial charge in [0.2, 0.25) is 4.80 Å². The Morgan fingerprint density at radius 3 is 2.60 bits per heavy atom. The number of rotatable bonds is 6. The van der Waals surface area contributed by atoms with Crippen LogP contribution in [0.1, 0.15) is 54.1 Å². The van der Waals surface area contributed by atoms with Crippen molar-refractivity contribution in [2.24, 2.45) is 15.8 Å². The molecular weight excluding hydrogens is 396 g/mol. The second kappa shape index (κ2) is 8.28. The molecule has 0 aliphatic heterocycles. The summed E-state index contributed by atoms with van der Waals surface area (Å²) in [7, 11) is 0. The lowest BCUT2D eigenvalue weighted by Crippen LogP contribution is -2.14. The number of hydrogen-bond acceptors (Lipinski definition) is 5. The van der Waals surface area contributed by atoms with Crippen molar-refractivity contribution in [1.29, 1.82) is 0 Å². The normalized spacial score (nSPS) is 14.7. The molecule has 0 unspecified atom stereocenters. The first-order chi connectivity index (χ1) is 14.4. The number of thiazole rings is 1. The molecule has 1 heterocycles. The van der Waals surface area contributed by atoms with Crippen molar-refractivity contribution >= 4 is 23.5 Å². The maximum atomic E-state index is 11.6. The molecule has 1 aliphatic carbocycles. The quantitative estimate of drug-likeness (QED) is 0.588. The monoisotopic (exact) mass is 420 g/mol. The van der Waals surface area contributed by atoms with E-state index >= 15 is 0 Å². The summed E-state index contributed by atoms with van der Waals surface area (Å²) in [6.45, 7) is 4.33. The van der Waals surface area contributed by atoms with Crippen molar-refractivity contribution in [2.75, 3.05) is 0 Å². The minimum atomic E-state index is -0.673. The molecule has 3 N–H and O–H groups in total. The molecule has 0 saturated heterocycles. The Morgan fingerprint density at radius 1 is 1.23 bits per heavy atom. The van der Waals surface area contributed by atoms with E-state index in [0.29, 0.717) is 12.0 Å². The Bertz CT molecular complexity index is 1170. The number of aromatic hydroxyl groups is 1. The predicted molar refractivity (Wildman–Crippen MR) is 120 cm³/mol. The van der Waals surface area contributed by atoms with Crippen molar-refractivity contribution in [1.82, 2.24) is 4.68 Å². The van der Waals surface area contributed by atoms with Gasteiger partial charge >= 0.3 is 0 Å². The third-order valence-corrected chi connectivity index (χ3v) is 5.84. The Hall–Kier alpha value is -3.19. The standard InChI is InChI=1S/C23H24N4O2S/c1-14(2)16-5-3-15(4-6-16)12-25-27-20(13-30-23(27)26-18-8-9-18)17-7-10-21(28)19(11-17)22(24)29/h3-7,10-14,18,28H,8-9H2,1-2H3,(H2,24,29)/b25-12+,26-23?. The molecule has 1 fully saturated rings. The van der Waals surface area contributed by atoms with Crippen LogP contribution in [0.15, 0.2) is 57.9 Å². The van der Waals surface area contributed by atoms with Gasteiger partial charge in [0.1, 0.15) is 5.75 Å². The largest absolute Gasteiger partial charge is 0.507 e. The van der Waals surface area contributed by atoms with E-state index in [0.717, 1.165) is 34.5 Å². The second-order valence-electron chi connectivity index (χ2n) is 7.74. The third-order valence-electron chi connectivity index (χ3n) is 5.01. The van der Waals surface area contributed by atoms with Crippen molar-refractivity contribution in [3.8, 4) is 17.0 Å². The van der Waals surface area contributed by atoms with Crippen LogP contribution < -0.4 is 10.5 Å². The first kappa shape index (κ1) is 20.1. The molecule has 3 aromatic rings. The van der Waals surface area contributed by atoms with Crippen LogP contribution in [-0.4, -0.2) is 27.9 Å². The summed E-state index contributed by atoms with van der Waals surface area (Å²) in [6, 6.07) is 13.5. The topological polar surface area (TPSA) is 93.0 Å². The summed E-state index contributed by atoms with van der Waals surface area (Å²) < 4.78 is 1.79. The van der Waals surface area contributed by atoms with E-state index in [1.54, 1.807) is 16.8 Å². The van der Waals surface area contributed by atoms with Crippen molar-refractivity contribution in [3.05, 3.63) is 69.3 Å². The molecule has 7 heteroatoms. The first-order valence-electron chi connectivity index (χ1n) is 9.94. The fourth-order valence-electron chi connectivity index (χ4n) is 3.04. The van der Waals surface area contributed by atoms with Gasteiger partial charge in [0.25, 0.3) is 5.91 Å². The molecule has 4 rings (SSSR count).